The number of hydrogen-bond acceptors (Lipinski definition) is 10. The fourth-order valence-corrected chi connectivity index (χ4v) is 10.2. The summed E-state index contributed by atoms with van der Waals surface area (Å²) in [7, 11) is -7.00. The summed E-state index contributed by atoms with van der Waals surface area (Å²) in [4.78, 5) is 41.4. The zero-order valence-corrected chi connectivity index (χ0v) is 31.7. The minimum atomic E-state index is -4.27. The van der Waals surface area contributed by atoms with E-state index in [1.165, 1.54) is 31.3 Å². The molecule has 266 valence electrons. The van der Waals surface area contributed by atoms with Gasteiger partial charge in [-0.1, -0.05) is 35.4 Å². The van der Waals surface area contributed by atoms with E-state index in [-0.39, 0.29) is 21.5 Å². The third kappa shape index (κ3) is 6.25. The lowest BCUT2D eigenvalue weighted by atomic mass is 9.83. The Morgan fingerprint density at radius 2 is 0.959 bits per heavy atom. The number of hydrogen-bond donors (Lipinski definition) is 0. The van der Waals surface area contributed by atoms with Gasteiger partial charge in [-0.25, -0.2) is 16.8 Å². The molecule has 14 heteroatoms. The van der Waals surface area contributed by atoms with Crippen LogP contribution >= 0.6 is 0 Å². The number of carbonyl (C=O) groups is 2. The van der Waals surface area contributed by atoms with Crippen molar-refractivity contribution in [2.75, 3.05) is 33.2 Å². The number of aliphatic imine (C=N–C) groups is 2. The number of nitrogens with zero attached hydrogens (tertiary/aromatic N) is 6. The van der Waals surface area contributed by atoms with E-state index in [2.05, 4.69) is 14.8 Å². The summed E-state index contributed by atoms with van der Waals surface area (Å²) >= 11 is 0. The summed E-state index contributed by atoms with van der Waals surface area (Å²) in [6, 6.07) is 11.5. The highest BCUT2D eigenvalue weighted by Crippen LogP contribution is 2.43. The van der Waals surface area contributed by atoms with Gasteiger partial charge in [0.15, 0.2) is 0 Å². The van der Waals surface area contributed by atoms with Crippen molar-refractivity contribution in [1.29, 1.82) is 0 Å². The number of aryl methyl sites for hydroxylation is 2. The van der Waals surface area contributed by atoms with E-state index >= 15 is 0 Å². The molecule has 2 atom stereocenters. The average molecular weight is 713 g/mol. The first kappa shape index (κ1) is 36.8. The zero-order valence-electron chi connectivity index (χ0n) is 30.1. The normalized spacial score (nSPS) is 25.6. The van der Waals surface area contributed by atoms with Crippen LogP contribution in [0, 0.1) is 24.7 Å². The fourth-order valence-electron chi connectivity index (χ4n) is 7.09. The number of benzene rings is 2. The topological polar surface area (TPSA) is 140 Å². The predicted molar refractivity (Wildman–Crippen MR) is 189 cm³/mol. The summed E-state index contributed by atoms with van der Waals surface area (Å²) in [5.41, 5.74) is -1.16. The fraction of sp³-hybridized carbons (Fsp3) is 0.543. The minimum Gasteiger partial charge on any atom is -0.290 e. The highest BCUT2D eigenvalue weighted by molar-refractivity contribution is 7.90. The molecule has 49 heavy (non-hydrogen) atoms. The zero-order chi connectivity index (χ0) is 36.5. The summed E-state index contributed by atoms with van der Waals surface area (Å²) in [5.74, 6) is -0.770. The first-order valence-electron chi connectivity index (χ1n) is 16.4. The van der Waals surface area contributed by atoms with Crippen LogP contribution in [0.2, 0.25) is 0 Å². The van der Waals surface area contributed by atoms with Gasteiger partial charge in [0.2, 0.25) is 11.8 Å². The highest BCUT2D eigenvalue weighted by Gasteiger charge is 2.61. The SMILES string of the molecule is C/N=C1\C(N2CCN(C3/C(=N\C(C)(C)C)N(S(=O)(=O)c4ccc(C)cc4)C(=O)C3(C)C)CC2)C(C)(C)C(=O)N1S(=O)(=O)c1ccc(C)cc1. The number of rotatable bonds is 6. The molecule has 3 saturated heterocycles. The second-order valence-electron chi connectivity index (χ2n) is 15.3. The van der Waals surface area contributed by atoms with Gasteiger partial charge in [-0.2, -0.15) is 8.61 Å². The lowest BCUT2D eigenvalue weighted by Crippen LogP contribution is -2.60. The van der Waals surface area contributed by atoms with Gasteiger partial charge in [0.05, 0.1) is 38.2 Å². The maximum Gasteiger partial charge on any atom is 0.271 e. The molecule has 3 aliphatic rings. The maximum absolute atomic E-state index is 14.1. The highest BCUT2D eigenvalue weighted by atomic mass is 32.2. The lowest BCUT2D eigenvalue weighted by molar-refractivity contribution is -0.133. The van der Waals surface area contributed by atoms with Crippen LogP contribution in [0.3, 0.4) is 0 Å². The van der Waals surface area contributed by atoms with Gasteiger partial charge < -0.3 is 0 Å². The number of sulfonamides is 2. The standard InChI is InChI=1S/C35H48N6O6S2/c1-23-11-15-25(16-12-23)48(44,45)40-29(36-10)27(34(6,7)31(40)42)38-19-21-39(22-20-38)28-30(37-33(3,4)5)41(32(43)35(28,8)9)49(46,47)26-17-13-24(2)14-18-26/h11-18,27-28H,19-22H2,1-10H3/b36-29+,37-30+. The van der Waals surface area contributed by atoms with E-state index in [9.17, 15) is 26.4 Å². The van der Waals surface area contributed by atoms with Crippen LogP contribution in [0.15, 0.2) is 68.3 Å². The number of amides is 2. The van der Waals surface area contributed by atoms with E-state index in [0.717, 1.165) is 19.7 Å². The van der Waals surface area contributed by atoms with Gasteiger partial charge in [-0.3, -0.25) is 29.4 Å². The maximum atomic E-state index is 14.1. The third-order valence-corrected chi connectivity index (χ3v) is 13.0. The van der Waals surface area contributed by atoms with Gasteiger partial charge in [-0.05, 0) is 86.6 Å². The van der Waals surface area contributed by atoms with Crippen molar-refractivity contribution < 1.29 is 26.4 Å². The van der Waals surface area contributed by atoms with Crippen LogP contribution < -0.4 is 0 Å². The molecule has 3 fully saturated rings. The monoisotopic (exact) mass is 712 g/mol. The molecular weight excluding hydrogens is 665 g/mol. The molecule has 2 aromatic rings. The Labute approximate surface area is 291 Å². The van der Waals surface area contributed by atoms with Crippen LogP contribution in [-0.4, -0.2) is 110 Å². The summed E-state index contributed by atoms with van der Waals surface area (Å²) in [6.07, 6.45) is 0. The van der Waals surface area contributed by atoms with Crippen molar-refractivity contribution in [2.45, 2.75) is 89.7 Å². The van der Waals surface area contributed by atoms with Crippen molar-refractivity contribution in [3.63, 3.8) is 0 Å². The van der Waals surface area contributed by atoms with Crippen molar-refractivity contribution in [1.82, 2.24) is 18.4 Å². The predicted octanol–water partition coefficient (Wildman–Crippen LogP) is 3.70. The summed E-state index contributed by atoms with van der Waals surface area (Å²) < 4.78 is 57.6. The van der Waals surface area contributed by atoms with E-state index in [4.69, 9.17) is 4.99 Å². The third-order valence-electron chi connectivity index (χ3n) is 9.62. The van der Waals surface area contributed by atoms with Crippen LogP contribution in [-0.2, 0) is 29.6 Å². The molecule has 0 spiro atoms. The summed E-state index contributed by atoms with van der Waals surface area (Å²) in [5, 5.41) is 0. The first-order chi connectivity index (χ1) is 22.6. The van der Waals surface area contributed by atoms with Crippen molar-refractivity contribution in [3.05, 3.63) is 59.7 Å². The van der Waals surface area contributed by atoms with E-state index in [1.807, 2.05) is 34.6 Å². The molecule has 0 aromatic heterocycles. The molecule has 3 heterocycles. The number of piperazine rings is 1. The lowest BCUT2D eigenvalue weighted by Gasteiger charge is -2.44. The molecule has 2 amide bonds. The van der Waals surface area contributed by atoms with Gasteiger partial charge in [0.1, 0.15) is 11.7 Å². The molecule has 0 bridgehead atoms. The number of carbonyl (C=O) groups excluding carboxylic acids is 2. The smallest absolute Gasteiger partial charge is 0.271 e. The van der Waals surface area contributed by atoms with Crippen LogP contribution in [0.4, 0.5) is 0 Å². The van der Waals surface area contributed by atoms with E-state index in [1.54, 1.807) is 52.0 Å². The van der Waals surface area contributed by atoms with Crippen molar-refractivity contribution >= 4 is 43.5 Å². The van der Waals surface area contributed by atoms with E-state index < -0.39 is 60.3 Å². The molecule has 0 aliphatic carbocycles. The van der Waals surface area contributed by atoms with Crippen LogP contribution in [0.25, 0.3) is 0 Å². The molecule has 0 radical (unpaired) electrons. The van der Waals surface area contributed by atoms with Gasteiger partial charge >= 0.3 is 0 Å². The second-order valence-corrected chi connectivity index (χ2v) is 18.9. The first-order valence-corrected chi connectivity index (χ1v) is 19.3. The molecule has 0 saturated carbocycles. The largest absolute Gasteiger partial charge is 0.290 e. The Hall–Kier alpha value is -3.46. The van der Waals surface area contributed by atoms with Gasteiger partial charge in [0.25, 0.3) is 20.0 Å². The second kappa shape index (κ2) is 12.4. The Balaban J connectivity index is 1.47. The van der Waals surface area contributed by atoms with Crippen LogP contribution in [0.5, 0.6) is 0 Å². The molecule has 2 unspecified atom stereocenters. The Morgan fingerprint density at radius 1 is 0.633 bits per heavy atom. The minimum absolute atomic E-state index is 0.0119. The average Bonchev–Trinajstić information content (AvgIpc) is 3.33. The summed E-state index contributed by atoms with van der Waals surface area (Å²) in [6.45, 7) is 17.9. The van der Waals surface area contributed by atoms with Gasteiger partial charge in [-0.15, -0.1) is 0 Å². The quantitative estimate of drug-likeness (QED) is 0.442. The molecule has 5 rings (SSSR count). The van der Waals surface area contributed by atoms with Crippen molar-refractivity contribution in [3.8, 4) is 0 Å². The Kier molecular flexibility index (Phi) is 9.31. The molecule has 12 nitrogen and oxygen atoms in total. The molecule has 0 N–H and O–H groups in total. The van der Waals surface area contributed by atoms with Crippen molar-refractivity contribution in [2.24, 2.45) is 20.8 Å². The molecule has 2 aromatic carbocycles. The van der Waals surface area contributed by atoms with E-state index in [0.29, 0.717) is 26.2 Å². The van der Waals surface area contributed by atoms with Crippen LogP contribution in [0.1, 0.15) is 59.6 Å². The Morgan fingerprint density at radius 3 is 1.29 bits per heavy atom. The molecule has 3 aliphatic heterocycles. The Bertz CT molecular complexity index is 1920. The number of amidine groups is 2. The van der Waals surface area contributed by atoms with Gasteiger partial charge in [0, 0.05) is 33.2 Å². The molecular formula is C35H48N6O6S2.